The van der Waals surface area contributed by atoms with Gasteiger partial charge in [-0.05, 0) is 31.5 Å². The molecule has 0 aliphatic rings. The van der Waals surface area contributed by atoms with Crippen LogP contribution in [0.2, 0.25) is 0 Å². The second-order valence-corrected chi connectivity index (χ2v) is 4.36. The molecule has 0 aliphatic heterocycles. The van der Waals surface area contributed by atoms with Crippen LogP contribution in [0.15, 0.2) is 42.5 Å². The van der Waals surface area contributed by atoms with Gasteiger partial charge in [0.05, 0.1) is 5.56 Å². The second-order valence-electron chi connectivity index (χ2n) is 4.36. The lowest BCUT2D eigenvalue weighted by Crippen LogP contribution is -2.05. The SMILES string of the molecule is CC(=O)c1ccc(-c2ccccc2)c(O)c1C(C)=O. The van der Waals surface area contributed by atoms with Gasteiger partial charge in [0.15, 0.2) is 11.6 Å². The predicted molar refractivity (Wildman–Crippen MR) is 73.6 cm³/mol. The van der Waals surface area contributed by atoms with Crippen LogP contribution in [0, 0.1) is 0 Å². The molecule has 2 aromatic rings. The molecule has 19 heavy (non-hydrogen) atoms. The van der Waals surface area contributed by atoms with Gasteiger partial charge in [-0.25, -0.2) is 0 Å². The van der Waals surface area contributed by atoms with Crippen LogP contribution in [0.1, 0.15) is 34.6 Å². The molecule has 0 amide bonds. The van der Waals surface area contributed by atoms with Crippen LogP contribution in [0.4, 0.5) is 0 Å². The number of carbonyl (C=O) groups is 2. The van der Waals surface area contributed by atoms with Gasteiger partial charge in [0.2, 0.25) is 0 Å². The number of hydrogen-bond donors (Lipinski definition) is 1. The van der Waals surface area contributed by atoms with Crippen LogP contribution in [-0.2, 0) is 0 Å². The van der Waals surface area contributed by atoms with Crippen LogP contribution in [0.3, 0.4) is 0 Å². The number of phenols is 1. The molecule has 3 nitrogen and oxygen atoms in total. The van der Waals surface area contributed by atoms with Crippen molar-refractivity contribution >= 4 is 11.6 Å². The Balaban J connectivity index is 2.71. The second kappa shape index (κ2) is 5.06. The first kappa shape index (κ1) is 13.0. The molecule has 0 bridgehead atoms. The average Bonchev–Trinajstić information content (AvgIpc) is 2.38. The summed E-state index contributed by atoms with van der Waals surface area (Å²) in [5.41, 5.74) is 1.70. The lowest BCUT2D eigenvalue weighted by Gasteiger charge is -2.11. The van der Waals surface area contributed by atoms with E-state index in [1.54, 1.807) is 12.1 Å². The lowest BCUT2D eigenvalue weighted by atomic mass is 9.94. The maximum Gasteiger partial charge on any atom is 0.164 e. The Bertz CT molecular complexity index is 643. The van der Waals surface area contributed by atoms with Crippen LogP contribution in [0.25, 0.3) is 11.1 Å². The van der Waals surface area contributed by atoms with E-state index in [4.69, 9.17) is 0 Å². The van der Waals surface area contributed by atoms with Crippen LogP contribution >= 0.6 is 0 Å². The zero-order valence-electron chi connectivity index (χ0n) is 10.8. The fourth-order valence-corrected chi connectivity index (χ4v) is 2.09. The molecule has 0 aromatic heterocycles. The van der Waals surface area contributed by atoms with Gasteiger partial charge in [0.25, 0.3) is 0 Å². The molecule has 0 atom stereocenters. The Morgan fingerprint density at radius 1 is 0.895 bits per heavy atom. The van der Waals surface area contributed by atoms with Crippen molar-refractivity contribution < 1.29 is 14.7 Å². The van der Waals surface area contributed by atoms with E-state index in [-0.39, 0.29) is 28.4 Å². The zero-order chi connectivity index (χ0) is 14.0. The summed E-state index contributed by atoms with van der Waals surface area (Å²) in [5, 5.41) is 10.3. The molecule has 0 radical (unpaired) electrons. The molecule has 0 heterocycles. The standard InChI is InChI=1S/C16H14O3/c1-10(17)13-8-9-14(12-6-4-3-5-7-12)16(19)15(13)11(2)18/h3-9,19H,1-2H3. The van der Waals surface area contributed by atoms with E-state index >= 15 is 0 Å². The van der Waals surface area contributed by atoms with E-state index in [0.29, 0.717) is 5.56 Å². The van der Waals surface area contributed by atoms with Crippen LogP contribution in [0.5, 0.6) is 5.75 Å². The van der Waals surface area contributed by atoms with Gasteiger partial charge < -0.3 is 5.11 Å². The molecular formula is C16H14O3. The number of rotatable bonds is 3. The van der Waals surface area contributed by atoms with Crippen molar-refractivity contribution in [1.29, 1.82) is 0 Å². The molecule has 2 aromatic carbocycles. The fraction of sp³-hybridized carbons (Fsp3) is 0.125. The number of ketones is 2. The van der Waals surface area contributed by atoms with Crippen molar-refractivity contribution in [3.63, 3.8) is 0 Å². The average molecular weight is 254 g/mol. The minimum atomic E-state index is -0.319. The predicted octanol–water partition coefficient (Wildman–Crippen LogP) is 3.46. The van der Waals surface area contributed by atoms with Crippen molar-refractivity contribution in [2.45, 2.75) is 13.8 Å². The van der Waals surface area contributed by atoms with Gasteiger partial charge in [0.1, 0.15) is 5.75 Å². The van der Waals surface area contributed by atoms with Crippen molar-refractivity contribution in [2.24, 2.45) is 0 Å². The third-order valence-electron chi connectivity index (χ3n) is 2.99. The molecule has 2 rings (SSSR count). The van der Waals surface area contributed by atoms with E-state index in [1.807, 2.05) is 30.3 Å². The Labute approximate surface area is 111 Å². The molecule has 0 unspecified atom stereocenters. The highest BCUT2D eigenvalue weighted by Gasteiger charge is 2.19. The third kappa shape index (κ3) is 2.40. The fourth-order valence-electron chi connectivity index (χ4n) is 2.09. The number of benzene rings is 2. The summed E-state index contributed by atoms with van der Waals surface area (Å²) < 4.78 is 0. The summed E-state index contributed by atoms with van der Waals surface area (Å²) in [4.78, 5) is 23.2. The van der Waals surface area contributed by atoms with E-state index in [9.17, 15) is 14.7 Å². The first-order chi connectivity index (χ1) is 9.02. The van der Waals surface area contributed by atoms with Gasteiger partial charge in [-0.15, -0.1) is 0 Å². The van der Waals surface area contributed by atoms with Crippen molar-refractivity contribution in [3.8, 4) is 16.9 Å². The summed E-state index contributed by atoms with van der Waals surface area (Å²) in [6, 6.07) is 12.5. The number of Topliss-reactive ketones (excluding diaryl/α,β-unsaturated/α-hetero) is 2. The largest absolute Gasteiger partial charge is 0.507 e. The molecule has 0 fully saturated rings. The molecule has 1 N–H and O–H groups in total. The van der Waals surface area contributed by atoms with Crippen molar-refractivity contribution in [1.82, 2.24) is 0 Å². The molecule has 96 valence electrons. The minimum absolute atomic E-state index is 0.0915. The number of aromatic hydroxyl groups is 1. The highest BCUT2D eigenvalue weighted by atomic mass is 16.3. The van der Waals surface area contributed by atoms with E-state index < -0.39 is 0 Å². The summed E-state index contributed by atoms with van der Waals surface area (Å²) in [6.45, 7) is 2.72. The Hall–Kier alpha value is -2.42. The highest BCUT2D eigenvalue weighted by molar-refractivity contribution is 6.10. The maximum absolute atomic E-state index is 11.7. The normalized spacial score (nSPS) is 10.2. The quantitative estimate of drug-likeness (QED) is 0.853. The molecule has 0 saturated heterocycles. The molecule has 0 saturated carbocycles. The topological polar surface area (TPSA) is 54.4 Å². The lowest BCUT2D eigenvalue weighted by molar-refractivity contribution is 0.0978. The van der Waals surface area contributed by atoms with Gasteiger partial charge >= 0.3 is 0 Å². The Morgan fingerprint density at radius 3 is 2.05 bits per heavy atom. The Kier molecular flexibility index (Phi) is 3.47. The smallest absolute Gasteiger partial charge is 0.164 e. The summed E-state index contributed by atoms with van der Waals surface area (Å²) in [6.07, 6.45) is 0. The monoisotopic (exact) mass is 254 g/mol. The Morgan fingerprint density at radius 2 is 1.53 bits per heavy atom. The van der Waals surface area contributed by atoms with E-state index in [0.717, 1.165) is 5.56 Å². The van der Waals surface area contributed by atoms with Gasteiger partial charge in [-0.3, -0.25) is 9.59 Å². The molecule has 3 heteroatoms. The van der Waals surface area contributed by atoms with E-state index in [2.05, 4.69) is 0 Å². The maximum atomic E-state index is 11.7. The third-order valence-corrected chi connectivity index (χ3v) is 2.99. The summed E-state index contributed by atoms with van der Waals surface area (Å²) >= 11 is 0. The summed E-state index contributed by atoms with van der Waals surface area (Å²) in [5.74, 6) is -0.688. The molecule has 0 spiro atoms. The van der Waals surface area contributed by atoms with Gasteiger partial charge in [-0.2, -0.15) is 0 Å². The van der Waals surface area contributed by atoms with Crippen molar-refractivity contribution in [3.05, 3.63) is 53.6 Å². The number of carbonyl (C=O) groups excluding carboxylic acids is 2. The van der Waals surface area contributed by atoms with Crippen LogP contribution in [-0.4, -0.2) is 16.7 Å². The first-order valence-corrected chi connectivity index (χ1v) is 5.95. The number of phenolic OH excluding ortho intramolecular Hbond substituents is 1. The molecular weight excluding hydrogens is 240 g/mol. The zero-order valence-corrected chi connectivity index (χ0v) is 10.8. The van der Waals surface area contributed by atoms with Crippen molar-refractivity contribution in [2.75, 3.05) is 0 Å². The number of hydrogen-bond acceptors (Lipinski definition) is 3. The van der Waals surface area contributed by atoms with Gasteiger partial charge in [-0.1, -0.05) is 30.3 Å². The van der Waals surface area contributed by atoms with Gasteiger partial charge in [0, 0.05) is 11.1 Å². The van der Waals surface area contributed by atoms with Crippen LogP contribution < -0.4 is 0 Å². The first-order valence-electron chi connectivity index (χ1n) is 5.95. The highest BCUT2D eigenvalue weighted by Crippen LogP contribution is 2.34. The summed E-state index contributed by atoms with van der Waals surface area (Å²) in [7, 11) is 0. The molecule has 0 aliphatic carbocycles. The minimum Gasteiger partial charge on any atom is -0.507 e. The van der Waals surface area contributed by atoms with E-state index in [1.165, 1.54) is 13.8 Å².